The van der Waals surface area contributed by atoms with E-state index in [9.17, 15) is 4.57 Å². The van der Waals surface area contributed by atoms with Crippen LogP contribution in [0.1, 0.15) is 26.7 Å². The second kappa shape index (κ2) is 4.05. The first-order valence-electron chi connectivity index (χ1n) is 3.57. The van der Waals surface area contributed by atoms with Gasteiger partial charge >= 0.3 is 7.60 Å². The molecular weight excluding hydrogens is 163 g/mol. The van der Waals surface area contributed by atoms with E-state index in [0.717, 1.165) is 5.57 Å². The number of allylic oxidation sites excluding steroid dienone is 1. The van der Waals surface area contributed by atoms with Crippen molar-refractivity contribution in [2.45, 2.75) is 32.3 Å². The fourth-order valence-electron chi connectivity index (χ4n) is 0.903. The summed E-state index contributed by atoms with van der Waals surface area (Å²) >= 11 is 0. The first-order valence-corrected chi connectivity index (χ1v) is 5.25. The second-order valence-electron chi connectivity index (χ2n) is 2.81. The van der Waals surface area contributed by atoms with Gasteiger partial charge in [0.25, 0.3) is 0 Å². The minimum Gasteiger partial charge on any atom is -0.324 e. The normalized spacial score (nSPS) is 14.5. The van der Waals surface area contributed by atoms with Gasteiger partial charge in [0.15, 0.2) is 0 Å². The Hall–Kier alpha value is -0.110. The molecule has 0 heterocycles. The molecule has 11 heavy (non-hydrogen) atoms. The maximum atomic E-state index is 10.8. The Morgan fingerprint density at radius 3 is 2.18 bits per heavy atom. The van der Waals surface area contributed by atoms with Gasteiger partial charge in [0.2, 0.25) is 0 Å². The summed E-state index contributed by atoms with van der Waals surface area (Å²) in [4.78, 5) is 17.6. The Balaban J connectivity index is 4.19. The van der Waals surface area contributed by atoms with E-state index in [-0.39, 0.29) is 0 Å². The van der Waals surface area contributed by atoms with Gasteiger partial charge in [-0.1, -0.05) is 12.5 Å². The molecule has 1 unspecified atom stereocenters. The summed E-state index contributed by atoms with van der Waals surface area (Å²) in [5, 5.41) is 0. The highest BCUT2D eigenvalue weighted by Crippen LogP contribution is 2.45. The number of hydrogen-bond acceptors (Lipinski definition) is 1. The molecule has 3 nitrogen and oxygen atoms in total. The summed E-state index contributed by atoms with van der Waals surface area (Å²) in [6.45, 7) is 7.16. The molecule has 0 aliphatic carbocycles. The van der Waals surface area contributed by atoms with Crippen LogP contribution < -0.4 is 0 Å². The van der Waals surface area contributed by atoms with Gasteiger partial charge in [0, 0.05) is 0 Å². The SMILES string of the molecule is C=C(C)CC(CC)P(=O)(O)O. The van der Waals surface area contributed by atoms with Crippen molar-refractivity contribution in [1.29, 1.82) is 0 Å². The topological polar surface area (TPSA) is 57.5 Å². The first-order chi connectivity index (χ1) is 4.88. The number of rotatable bonds is 4. The van der Waals surface area contributed by atoms with Crippen LogP contribution in [0.4, 0.5) is 0 Å². The third-order valence-electron chi connectivity index (χ3n) is 1.53. The molecule has 66 valence electrons. The van der Waals surface area contributed by atoms with Crippen molar-refractivity contribution >= 4 is 7.60 Å². The molecule has 0 amide bonds. The molecule has 0 aromatic carbocycles. The largest absolute Gasteiger partial charge is 0.328 e. The highest BCUT2D eigenvalue weighted by molar-refractivity contribution is 7.52. The van der Waals surface area contributed by atoms with Crippen LogP contribution in [0.5, 0.6) is 0 Å². The molecule has 1 atom stereocenters. The van der Waals surface area contributed by atoms with Crippen molar-refractivity contribution in [3.05, 3.63) is 12.2 Å². The summed E-state index contributed by atoms with van der Waals surface area (Å²) < 4.78 is 10.8. The van der Waals surface area contributed by atoms with E-state index >= 15 is 0 Å². The van der Waals surface area contributed by atoms with E-state index in [0.29, 0.717) is 12.8 Å². The van der Waals surface area contributed by atoms with Crippen LogP contribution in [0.25, 0.3) is 0 Å². The van der Waals surface area contributed by atoms with Gasteiger partial charge in [-0.15, -0.1) is 6.58 Å². The van der Waals surface area contributed by atoms with E-state index in [2.05, 4.69) is 6.58 Å². The summed E-state index contributed by atoms with van der Waals surface area (Å²) in [6, 6.07) is 0. The van der Waals surface area contributed by atoms with Crippen molar-refractivity contribution in [3.8, 4) is 0 Å². The Bertz CT molecular complexity index is 182. The van der Waals surface area contributed by atoms with Gasteiger partial charge in [-0.3, -0.25) is 4.57 Å². The van der Waals surface area contributed by atoms with Gasteiger partial charge in [-0.05, 0) is 19.8 Å². The highest BCUT2D eigenvalue weighted by Gasteiger charge is 2.26. The fourth-order valence-corrected chi connectivity index (χ4v) is 1.93. The molecule has 4 heteroatoms. The van der Waals surface area contributed by atoms with Gasteiger partial charge < -0.3 is 9.79 Å². The van der Waals surface area contributed by atoms with E-state index in [1.807, 2.05) is 0 Å². The zero-order valence-corrected chi connectivity index (χ0v) is 7.84. The van der Waals surface area contributed by atoms with E-state index in [4.69, 9.17) is 9.79 Å². The summed E-state index contributed by atoms with van der Waals surface area (Å²) in [5.74, 6) is 0. The second-order valence-corrected chi connectivity index (χ2v) is 4.72. The fraction of sp³-hybridized carbons (Fsp3) is 0.714. The molecule has 0 saturated heterocycles. The van der Waals surface area contributed by atoms with Crippen LogP contribution in [0.2, 0.25) is 0 Å². The monoisotopic (exact) mass is 178 g/mol. The minimum absolute atomic E-state index is 0.417. The zero-order valence-electron chi connectivity index (χ0n) is 6.95. The predicted octanol–water partition coefficient (Wildman–Crippen LogP) is 1.91. The van der Waals surface area contributed by atoms with Gasteiger partial charge in [0.05, 0.1) is 5.66 Å². The van der Waals surface area contributed by atoms with Crippen LogP contribution in [0.15, 0.2) is 12.2 Å². The zero-order chi connectivity index (χ0) is 9.07. The lowest BCUT2D eigenvalue weighted by molar-refractivity contribution is 0.355. The van der Waals surface area contributed by atoms with Gasteiger partial charge in [0.1, 0.15) is 0 Å². The molecule has 0 saturated carbocycles. The molecule has 0 rings (SSSR count). The average molecular weight is 178 g/mol. The van der Waals surface area contributed by atoms with Crippen molar-refractivity contribution in [3.63, 3.8) is 0 Å². The van der Waals surface area contributed by atoms with Gasteiger partial charge in [-0.25, -0.2) is 0 Å². The van der Waals surface area contributed by atoms with E-state index < -0.39 is 13.3 Å². The van der Waals surface area contributed by atoms with Crippen molar-refractivity contribution < 1.29 is 14.4 Å². The molecule has 0 fully saturated rings. The molecule has 0 bridgehead atoms. The van der Waals surface area contributed by atoms with Crippen LogP contribution in [-0.2, 0) is 4.57 Å². The van der Waals surface area contributed by atoms with Crippen LogP contribution in [0.3, 0.4) is 0 Å². The lowest BCUT2D eigenvalue weighted by atomic mass is 10.1. The quantitative estimate of drug-likeness (QED) is 0.510. The van der Waals surface area contributed by atoms with Crippen LogP contribution in [0, 0.1) is 0 Å². The third-order valence-corrected chi connectivity index (χ3v) is 3.03. The molecule has 0 radical (unpaired) electrons. The van der Waals surface area contributed by atoms with E-state index in [1.54, 1.807) is 13.8 Å². The van der Waals surface area contributed by atoms with E-state index in [1.165, 1.54) is 0 Å². The van der Waals surface area contributed by atoms with Crippen LogP contribution in [-0.4, -0.2) is 15.4 Å². The molecule has 0 aromatic rings. The van der Waals surface area contributed by atoms with Crippen molar-refractivity contribution in [2.24, 2.45) is 0 Å². The number of hydrogen-bond donors (Lipinski definition) is 2. The smallest absolute Gasteiger partial charge is 0.324 e. The highest BCUT2D eigenvalue weighted by atomic mass is 31.2. The Morgan fingerprint density at radius 1 is 1.64 bits per heavy atom. The molecular formula is C7H15O3P. The molecule has 0 aromatic heterocycles. The molecule has 0 aliphatic heterocycles. The Morgan fingerprint density at radius 2 is 2.09 bits per heavy atom. The summed E-state index contributed by atoms with van der Waals surface area (Å²) in [7, 11) is -3.89. The lowest BCUT2D eigenvalue weighted by Gasteiger charge is -2.15. The predicted molar refractivity (Wildman–Crippen MR) is 45.6 cm³/mol. The summed E-state index contributed by atoms with van der Waals surface area (Å²) in [6.07, 6.45) is 0.915. The average Bonchev–Trinajstić information content (AvgIpc) is 1.79. The third kappa shape index (κ3) is 4.35. The molecule has 2 N–H and O–H groups in total. The molecule has 0 spiro atoms. The Kier molecular flexibility index (Phi) is 4.01. The minimum atomic E-state index is -3.89. The van der Waals surface area contributed by atoms with Crippen molar-refractivity contribution in [2.75, 3.05) is 0 Å². The first kappa shape index (κ1) is 10.9. The maximum Gasteiger partial charge on any atom is 0.328 e. The molecule has 0 aliphatic rings. The summed E-state index contributed by atoms with van der Waals surface area (Å²) in [5.41, 5.74) is 0.278. The van der Waals surface area contributed by atoms with Crippen molar-refractivity contribution in [1.82, 2.24) is 0 Å². The standard InChI is InChI=1S/C7H15O3P/c1-4-7(5-6(2)3)11(8,9)10/h7H,2,4-5H2,1,3H3,(H2,8,9,10). The maximum absolute atomic E-state index is 10.8. The van der Waals surface area contributed by atoms with Crippen LogP contribution >= 0.6 is 7.60 Å². The Labute approximate surface area is 67.3 Å². The van der Waals surface area contributed by atoms with Gasteiger partial charge in [-0.2, -0.15) is 0 Å². The lowest BCUT2D eigenvalue weighted by Crippen LogP contribution is -2.06.